The number of nitrogens with one attached hydrogen (secondary N) is 5. The molecule has 1 saturated carbocycles. The number of rotatable bonds is 8. The number of carbonyl (C=O) groups excluding carboxylic acids is 6. The van der Waals surface area contributed by atoms with Crippen LogP contribution in [0.2, 0.25) is 5.02 Å². The van der Waals surface area contributed by atoms with Gasteiger partial charge in [0.15, 0.2) is 5.82 Å². The average Bonchev–Trinajstić information content (AvgIpc) is 3.84. The van der Waals surface area contributed by atoms with Gasteiger partial charge in [-0.1, -0.05) is 104 Å². The van der Waals surface area contributed by atoms with Gasteiger partial charge in [-0.15, -0.1) is 26.6 Å². The molecule has 3 aromatic carbocycles. The molecule has 20 nitrogen and oxygen atoms in total. The number of hydrogen-bond donors (Lipinski definition) is 6. The number of aliphatic hydroxyl groups is 1. The number of carbonyl (C=O) groups is 6. The number of aliphatic hydroxyl groups excluding tert-OH is 1. The first-order valence-electron chi connectivity index (χ1n) is 27.6. The molecule has 6 amide bonds. The van der Waals surface area contributed by atoms with Gasteiger partial charge in [-0.3, -0.25) is 38.3 Å². The molecule has 6 heterocycles. The summed E-state index contributed by atoms with van der Waals surface area (Å²) in [5.41, 5.74) is 5.51. The van der Waals surface area contributed by atoms with E-state index < -0.39 is 82.5 Å². The second kappa shape index (κ2) is 23.5. The highest BCUT2D eigenvalue weighted by atomic mass is 35.5. The van der Waals surface area contributed by atoms with Crippen LogP contribution in [0.5, 0.6) is 0 Å². The van der Waals surface area contributed by atoms with Gasteiger partial charge in [0.05, 0.1) is 42.6 Å². The zero-order valence-corrected chi connectivity index (χ0v) is 47.9. The first-order valence-corrected chi connectivity index (χ1v) is 28.8. The van der Waals surface area contributed by atoms with Crippen LogP contribution in [0, 0.1) is 32.1 Å². The van der Waals surface area contributed by atoms with Crippen molar-refractivity contribution < 1.29 is 33.9 Å². The van der Waals surface area contributed by atoms with E-state index in [0.717, 1.165) is 43.3 Å². The zero-order chi connectivity index (χ0) is 57.3. The number of amides is 6. The van der Waals surface area contributed by atoms with Crippen LogP contribution in [0.25, 0.3) is 16.1 Å². The molecule has 1 saturated heterocycles. The molecule has 1 aliphatic carbocycles. The fraction of sp³-hybridized carbons (Fsp3) is 0.441. The van der Waals surface area contributed by atoms with Crippen molar-refractivity contribution in [3.63, 3.8) is 0 Å². The summed E-state index contributed by atoms with van der Waals surface area (Å²) in [6.45, 7) is 11.3. The monoisotopic (exact) mass is 1140 g/mol. The van der Waals surface area contributed by atoms with E-state index >= 15 is 0 Å². The molecule has 1 spiro atoms. The number of aryl methyl sites for hydroxylation is 2. The Morgan fingerprint density at radius 2 is 1.58 bits per heavy atom. The molecule has 4 aliphatic rings. The van der Waals surface area contributed by atoms with Crippen molar-refractivity contribution in [3.8, 4) is 16.1 Å². The quantitative estimate of drug-likeness (QED) is 0.114. The second-order valence-electron chi connectivity index (χ2n) is 22.9. The molecule has 22 heteroatoms. The largest absolute Gasteiger partial charge is 0.391 e. The number of aromatic nitrogens is 6. The molecular weight excluding hydrogens is 1070 g/mol. The Bertz CT molecular complexity index is 3380. The summed E-state index contributed by atoms with van der Waals surface area (Å²) >= 11 is 7.93. The number of halogens is 1. The number of aliphatic imine (C=N–C) groups is 1. The van der Waals surface area contributed by atoms with Crippen LogP contribution in [0.3, 0.4) is 0 Å². The van der Waals surface area contributed by atoms with Crippen LogP contribution in [0.15, 0.2) is 90.1 Å². The normalized spacial score (nSPS) is 22.7. The molecule has 1 unspecified atom stereocenters. The minimum Gasteiger partial charge on any atom is -0.391 e. The van der Waals surface area contributed by atoms with E-state index in [1.54, 1.807) is 29.7 Å². The molecule has 81 heavy (non-hydrogen) atoms. The van der Waals surface area contributed by atoms with Crippen LogP contribution < -0.4 is 26.6 Å². The second-order valence-corrected chi connectivity index (χ2v) is 24.5. The Kier molecular flexibility index (Phi) is 16.4. The maximum Gasteiger partial charge on any atom is 0.248 e. The Labute approximate surface area is 478 Å². The van der Waals surface area contributed by atoms with Gasteiger partial charge in [0, 0.05) is 65.5 Å². The van der Waals surface area contributed by atoms with E-state index in [1.165, 1.54) is 9.58 Å². The van der Waals surface area contributed by atoms with E-state index in [4.69, 9.17) is 16.6 Å². The van der Waals surface area contributed by atoms with Crippen molar-refractivity contribution in [2.45, 2.75) is 122 Å². The van der Waals surface area contributed by atoms with Gasteiger partial charge in [0.1, 0.15) is 35.0 Å². The molecule has 3 aromatic heterocycles. The summed E-state index contributed by atoms with van der Waals surface area (Å²) in [6.07, 6.45) is 2.47. The van der Waals surface area contributed by atoms with Crippen LogP contribution in [-0.4, -0.2) is 132 Å². The predicted octanol–water partition coefficient (Wildman–Crippen LogP) is 5.33. The molecule has 10 rings (SSSR count). The van der Waals surface area contributed by atoms with Crippen LogP contribution in [-0.2, 0) is 40.6 Å². The van der Waals surface area contributed by atoms with E-state index in [1.807, 2.05) is 106 Å². The Morgan fingerprint density at radius 1 is 0.864 bits per heavy atom. The van der Waals surface area contributed by atoms with Crippen molar-refractivity contribution in [2.24, 2.45) is 16.3 Å². The molecule has 2 fully saturated rings. The third-order valence-corrected chi connectivity index (χ3v) is 17.4. The molecule has 2 bridgehead atoms. The van der Waals surface area contributed by atoms with E-state index in [0.29, 0.717) is 40.9 Å². The lowest BCUT2D eigenvalue weighted by Crippen LogP contribution is -2.55. The van der Waals surface area contributed by atoms with Gasteiger partial charge in [0.2, 0.25) is 35.4 Å². The van der Waals surface area contributed by atoms with Crippen LogP contribution in [0.4, 0.5) is 0 Å². The lowest BCUT2D eigenvalue weighted by molar-refractivity contribution is -0.144. The Hall–Kier alpha value is -7.62. The summed E-state index contributed by atoms with van der Waals surface area (Å²) in [5, 5.41) is 45.1. The number of nitrogens with zero attached hydrogens (tertiary/aromatic N) is 8. The van der Waals surface area contributed by atoms with Crippen molar-refractivity contribution in [1.29, 1.82) is 0 Å². The third kappa shape index (κ3) is 12.4. The molecule has 6 N–H and O–H groups in total. The highest BCUT2D eigenvalue weighted by Gasteiger charge is 2.50. The number of thiophene rings is 1. The number of hydrogen-bond acceptors (Lipinski definition) is 13. The smallest absolute Gasteiger partial charge is 0.248 e. The summed E-state index contributed by atoms with van der Waals surface area (Å²) in [5.74, 6) is -2.56. The third-order valence-electron chi connectivity index (χ3n) is 16.0. The SMILES string of the molecule is Cc1sc2c(c1C)C(c1ccc(Cl)cc1)=N[C@@H](CC(=O)NC[C@H]1CCCNC(=O)[C@@H](Cc3ccc(-c4ccccc4)cc3)NC(=O)[C@@H]3C[C@@H](O)CN3C(=O)C(C(C)(C)C)n3cc(nn3)C3(CC3)CNC(=O)CNC1=O)c1nnc(C)n1-2. The topological polar surface area (TPSA) is 260 Å². The van der Waals surface area contributed by atoms with E-state index in [2.05, 4.69) is 54.0 Å². The lowest BCUT2D eigenvalue weighted by Gasteiger charge is -2.35. The maximum atomic E-state index is 14.8. The standard InChI is InChI=1S/C59H68ClN13O7S/c1-33-34(2)81-57-49(33)50(39-18-20-41(60)21-19-39)65-43(52-69-67-35(3)73(52)57)27-47(75)62-28-40-13-10-24-61-54(78)44(25-36-14-16-38(17-15-36)37-11-8-7-9-12-37)66-55(79)45-26-42(74)30-71(45)56(80)51(58(4,5)6)72-31-46(68-70-72)59(22-23-59)32-64-48(76)29-63-53(40)77/h7-9,11-12,14-21,31,40,42-45,51,74H,10,13,22-30,32H2,1-6H3,(H,61,78)(H,62,75)(H,63,77)(H,64,76)(H,66,79)/t40-,42-,43+,44-,45+,51?/m1/s1. The van der Waals surface area contributed by atoms with Crippen molar-refractivity contribution in [2.75, 3.05) is 32.7 Å². The predicted molar refractivity (Wildman–Crippen MR) is 306 cm³/mol. The fourth-order valence-electron chi connectivity index (χ4n) is 11.1. The van der Waals surface area contributed by atoms with Crippen LogP contribution in [0.1, 0.15) is 116 Å². The van der Waals surface area contributed by atoms with Gasteiger partial charge in [-0.05, 0) is 86.3 Å². The minimum absolute atomic E-state index is 0.0468. The fourth-order valence-corrected chi connectivity index (χ4v) is 12.4. The summed E-state index contributed by atoms with van der Waals surface area (Å²) in [6, 6.07) is 21.0. The molecule has 424 valence electrons. The molecule has 3 aliphatic heterocycles. The van der Waals surface area contributed by atoms with Gasteiger partial charge in [0.25, 0.3) is 0 Å². The molecular formula is C59H68ClN13O7S. The lowest BCUT2D eigenvalue weighted by atomic mass is 9.85. The Morgan fingerprint density at radius 3 is 2.30 bits per heavy atom. The van der Waals surface area contributed by atoms with Gasteiger partial charge < -0.3 is 36.6 Å². The Balaban J connectivity index is 0.904. The summed E-state index contributed by atoms with van der Waals surface area (Å²) in [4.78, 5) is 93.4. The number of fused-ring (bicyclic) bond motifs is 7. The molecule has 0 radical (unpaired) electrons. The van der Waals surface area contributed by atoms with Crippen molar-refractivity contribution >= 4 is 64.1 Å². The molecule has 6 aromatic rings. The summed E-state index contributed by atoms with van der Waals surface area (Å²) in [7, 11) is 0. The number of benzene rings is 3. The highest BCUT2D eigenvalue weighted by molar-refractivity contribution is 7.15. The first-order chi connectivity index (χ1) is 38.8. The van der Waals surface area contributed by atoms with E-state index in [-0.39, 0.29) is 64.8 Å². The average molecular weight is 1140 g/mol. The molecule has 6 atom stereocenters. The highest BCUT2D eigenvalue weighted by Crippen LogP contribution is 2.47. The minimum atomic E-state index is -1.11. The zero-order valence-electron chi connectivity index (χ0n) is 46.3. The first kappa shape index (κ1) is 56.6. The van der Waals surface area contributed by atoms with Crippen molar-refractivity contribution in [3.05, 3.63) is 135 Å². The van der Waals surface area contributed by atoms with Gasteiger partial charge in [-0.25, -0.2) is 4.68 Å². The van der Waals surface area contributed by atoms with Crippen molar-refractivity contribution in [1.82, 2.24) is 61.2 Å². The maximum absolute atomic E-state index is 14.8. The van der Waals surface area contributed by atoms with Crippen LogP contribution >= 0.6 is 22.9 Å². The van der Waals surface area contributed by atoms with E-state index in [9.17, 15) is 33.9 Å². The van der Waals surface area contributed by atoms with Gasteiger partial charge in [-0.2, -0.15) is 0 Å². The summed E-state index contributed by atoms with van der Waals surface area (Å²) < 4.78 is 3.46. The van der Waals surface area contributed by atoms with Gasteiger partial charge >= 0.3 is 0 Å².